The van der Waals surface area contributed by atoms with Crippen LogP contribution >= 0.6 is 15.9 Å². The van der Waals surface area contributed by atoms with E-state index in [4.69, 9.17) is 0 Å². The molecule has 1 atom stereocenters. The Labute approximate surface area is 104 Å². The third-order valence-electron chi connectivity index (χ3n) is 2.72. The van der Waals surface area contributed by atoms with E-state index in [1.807, 2.05) is 24.3 Å². The summed E-state index contributed by atoms with van der Waals surface area (Å²) < 4.78 is 23.6. The van der Waals surface area contributed by atoms with Gasteiger partial charge in [0.1, 0.15) is 0 Å². The lowest BCUT2D eigenvalue weighted by Crippen LogP contribution is -2.29. The number of nitrogens with one attached hydrogen (secondary N) is 1. The van der Waals surface area contributed by atoms with E-state index in [2.05, 4.69) is 21.2 Å². The first-order valence-electron chi connectivity index (χ1n) is 5.23. The monoisotopic (exact) mass is 303 g/mol. The Morgan fingerprint density at radius 3 is 2.88 bits per heavy atom. The van der Waals surface area contributed by atoms with Crippen LogP contribution in [0.2, 0.25) is 0 Å². The molecule has 1 N–H and O–H groups in total. The molecule has 1 heterocycles. The molecule has 1 aromatic rings. The van der Waals surface area contributed by atoms with Crippen LogP contribution in [-0.4, -0.2) is 26.0 Å². The van der Waals surface area contributed by atoms with E-state index in [0.29, 0.717) is 5.75 Å². The van der Waals surface area contributed by atoms with E-state index in [9.17, 15) is 8.42 Å². The van der Waals surface area contributed by atoms with Gasteiger partial charge < -0.3 is 5.32 Å². The highest BCUT2D eigenvalue weighted by Crippen LogP contribution is 2.14. The first-order valence-corrected chi connectivity index (χ1v) is 7.85. The van der Waals surface area contributed by atoms with Crippen molar-refractivity contribution in [3.63, 3.8) is 0 Å². The van der Waals surface area contributed by atoms with Gasteiger partial charge in [-0.15, -0.1) is 0 Å². The second kappa shape index (κ2) is 4.85. The second-order valence-electron chi connectivity index (χ2n) is 4.11. The summed E-state index contributed by atoms with van der Waals surface area (Å²) in [7, 11) is -2.78. The normalized spacial score (nSPS) is 23.4. The molecular formula is C11H14BrNO2S. The molecule has 0 bridgehead atoms. The van der Waals surface area contributed by atoms with Crippen molar-refractivity contribution in [1.82, 2.24) is 5.32 Å². The van der Waals surface area contributed by atoms with Crippen molar-refractivity contribution in [2.24, 2.45) is 0 Å². The number of hydrogen-bond acceptors (Lipinski definition) is 3. The summed E-state index contributed by atoms with van der Waals surface area (Å²) in [6.45, 7) is 0.722. The molecule has 0 aliphatic carbocycles. The van der Waals surface area contributed by atoms with E-state index in [1.54, 1.807) is 0 Å². The number of rotatable bonds is 3. The van der Waals surface area contributed by atoms with Gasteiger partial charge in [0.15, 0.2) is 9.84 Å². The molecule has 1 aliphatic rings. The van der Waals surface area contributed by atoms with Crippen molar-refractivity contribution in [1.29, 1.82) is 0 Å². The van der Waals surface area contributed by atoms with Crippen molar-refractivity contribution < 1.29 is 8.42 Å². The highest BCUT2D eigenvalue weighted by atomic mass is 79.9. The zero-order valence-electron chi connectivity index (χ0n) is 8.82. The molecule has 0 spiro atoms. The molecule has 0 saturated carbocycles. The van der Waals surface area contributed by atoms with E-state index in [0.717, 1.165) is 17.4 Å². The predicted molar refractivity (Wildman–Crippen MR) is 68.0 cm³/mol. The second-order valence-corrected chi connectivity index (χ2v) is 7.26. The summed E-state index contributed by atoms with van der Waals surface area (Å²) in [6, 6.07) is 8.14. The maximum atomic E-state index is 11.3. The molecule has 0 radical (unpaired) electrons. The zero-order chi connectivity index (χ0) is 11.6. The minimum atomic E-state index is -2.78. The molecule has 1 aromatic carbocycles. The number of hydrogen-bond donors (Lipinski definition) is 1. The number of benzene rings is 1. The van der Waals surface area contributed by atoms with E-state index in [-0.39, 0.29) is 11.8 Å². The van der Waals surface area contributed by atoms with Crippen molar-refractivity contribution in [2.45, 2.75) is 19.0 Å². The molecule has 0 amide bonds. The van der Waals surface area contributed by atoms with E-state index in [1.165, 1.54) is 5.56 Å². The molecule has 5 heteroatoms. The van der Waals surface area contributed by atoms with Crippen LogP contribution in [-0.2, 0) is 16.4 Å². The van der Waals surface area contributed by atoms with Gasteiger partial charge in [-0.2, -0.15) is 0 Å². The van der Waals surface area contributed by atoms with Crippen molar-refractivity contribution in [3.8, 4) is 0 Å². The topological polar surface area (TPSA) is 46.2 Å². The van der Waals surface area contributed by atoms with Crippen LogP contribution < -0.4 is 5.32 Å². The molecule has 1 saturated heterocycles. The van der Waals surface area contributed by atoms with Gasteiger partial charge in [0, 0.05) is 17.1 Å². The first-order chi connectivity index (χ1) is 7.55. The maximum absolute atomic E-state index is 11.3. The van der Waals surface area contributed by atoms with Crippen LogP contribution in [0.3, 0.4) is 0 Å². The highest BCUT2D eigenvalue weighted by Gasteiger charge is 2.27. The van der Waals surface area contributed by atoms with Crippen molar-refractivity contribution in [2.75, 3.05) is 11.5 Å². The Hall–Kier alpha value is -0.390. The Bertz CT molecular complexity index is 473. The molecule has 0 aromatic heterocycles. The lowest BCUT2D eigenvalue weighted by molar-refractivity contribution is 0.554. The van der Waals surface area contributed by atoms with Crippen LogP contribution in [0.5, 0.6) is 0 Å². The molecule has 1 fully saturated rings. The summed E-state index contributed by atoms with van der Waals surface area (Å²) >= 11 is 3.41. The number of halogens is 1. The fourth-order valence-electron chi connectivity index (χ4n) is 1.87. The SMILES string of the molecule is O=S1(=O)CC[C@@H](NCc2cccc(Br)c2)C1. The highest BCUT2D eigenvalue weighted by molar-refractivity contribution is 9.10. The van der Waals surface area contributed by atoms with Gasteiger partial charge in [-0.1, -0.05) is 28.1 Å². The van der Waals surface area contributed by atoms with Gasteiger partial charge >= 0.3 is 0 Å². The molecule has 2 rings (SSSR count). The lowest BCUT2D eigenvalue weighted by atomic mass is 10.2. The Balaban J connectivity index is 1.89. The van der Waals surface area contributed by atoms with Crippen LogP contribution in [0.4, 0.5) is 0 Å². The molecule has 0 unspecified atom stereocenters. The molecule has 16 heavy (non-hydrogen) atoms. The van der Waals surface area contributed by atoms with Crippen LogP contribution in [0.1, 0.15) is 12.0 Å². The average Bonchev–Trinajstić information content (AvgIpc) is 2.56. The minimum Gasteiger partial charge on any atom is -0.309 e. The van der Waals surface area contributed by atoms with Gasteiger partial charge in [0.25, 0.3) is 0 Å². The molecule has 88 valence electrons. The third kappa shape index (κ3) is 3.30. The smallest absolute Gasteiger partial charge is 0.151 e. The summed E-state index contributed by atoms with van der Waals surface area (Å²) in [5.41, 5.74) is 1.17. The Kier molecular flexibility index (Phi) is 3.66. The van der Waals surface area contributed by atoms with Crippen molar-refractivity contribution >= 4 is 25.8 Å². The third-order valence-corrected chi connectivity index (χ3v) is 4.98. The van der Waals surface area contributed by atoms with Crippen LogP contribution in [0.25, 0.3) is 0 Å². The fraction of sp³-hybridized carbons (Fsp3) is 0.455. The zero-order valence-corrected chi connectivity index (χ0v) is 11.2. The number of sulfone groups is 1. The van der Waals surface area contributed by atoms with Crippen LogP contribution in [0, 0.1) is 0 Å². The maximum Gasteiger partial charge on any atom is 0.151 e. The Morgan fingerprint density at radius 2 is 2.25 bits per heavy atom. The summed E-state index contributed by atoms with van der Waals surface area (Å²) in [5.74, 6) is 0.601. The quantitative estimate of drug-likeness (QED) is 0.925. The summed E-state index contributed by atoms with van der Waals surface area (Å²) in [4.78, 5) is 0. The van der Waals surface area contributed by atoms with Crippen LogP contribution in [0.15, 0.2) is 28.7 Å². The van der Waals surface area contributed by atoms with Gasteiger partial charge in [0.2, 0.25) is 0 Å². The van der Waals surface area contributed by atoms with Crippen molar-refractivity contribution in [3.05, 3.63) is 34.3 Å². The van der Waals surface area contributed by atoms with Gasteiger partial charge in [-0.25, -0.2) is 8.42 Å². The average molecular weight is 304 g/mol. The molecule has 1 aliphatic heterocycles. The van der Waals surface area contributed by atoms with E-state index < -0.39 is 9.84 Å². The first kappa shape index (κ1) is 12.1. The summed E-state index contributed by atoms with van der Waals surface area (Å²) in [5, 5.41) is 3.28. The van der Waals surface area contributed by atoms with Gasteiger partial charge in [-0.05, 0) is 24.1 Å². The summed E-state index contributed by atoms with van der Waals surface area (Å²) in [6.07, 6.45) is 0.732. The largest absolute Gasteiger partial charge is 0.309 e. The molecular weight excluding hydrogens is 290 g/mol. The fourth-order valence-corrected chi connectivity index (χ4v) is 4.02. The Morgan fingerprint density at radius 1 is 1.44 bits per heavy atom. The van der Waals surface area contributed by atoms with Gasteiger partial charge in [0.05, 0.1) is 11.5 Å². The standard InChI is InChI=1S/C11H14BrNO2S/c12-10-3-1-2-9(6-10)7-13-11-4-5-16(14,15)8-11/h1-3,6,11,13H,4-5,7-8H2/t11-/m1/s1. The predicted octanol–water partition coefficient (Wildman–Crippen LogP) is 1.73. The van der Waals surface area contributed by atoms with E-state index >= 15 is 0 Å². The minimum absolute atomic E-state index is 0.115. The molecule has 3 nitrogen and oxygen atoms in total. The van der Waals surface area contributed by atoms with Gasteiger partial charge in [-0.3, -0.25) is 0 Å². The lowest BCUT2D eigenvalue weighted by Gasteiger charge is -2.10.